The lowest BCUT2D eigenvalue weighted by Gasteiger charge is -2.24. The van der Waals surface area contributed by atoms with Crippen molar-refractivity contribution in [3.05, 3.63) is 29.3 Å². The van der Waals surface area contributed by atoms with Crippen LogP contribution in [-0.2, 0) is 11.8 Å². The average Bonchev–Trinajstić information content (AvgIpc) is 2.76. The highest BCUT2D eigenvalue weighted by molar-refractivity contribution is 5.39. The highest BCUT2D eigenvalue weighted by Crippen LogP contribution is 2.42. The van der Waals surface area contributed by atoms with Crippen molar-refractivity contribution in [2.45, 2.75) is 37.5 Å². The molecule has 2 nitrogen and oxygen atoms in total. The van der Waals surface area contributed by atoms with Crippen molar-refractivity contribution < 1.29 is 23.0 Å². The third-order valence-electron chi connectivity index (χ3n) is 3.44. The van der Waals surface area contributed by atoms with Crippen LogP contribution in [0.1, 0.15) is 36.8 Å². The fourth-order valence-corrected chi connectivity index (χ4v) is 2.40. The first-order valence-corrected chi connectivity index (χ1v) is 5.84. The Labute approximate surface area is 103 Å². The molecule has 0 aromatic heterocycles. The summed E-state index contributed by atoms with van der Waals surface area (Å²) in [6.45, 7) is 0. The molecule has 5 heteroatoms. The lowest BCUT2D eigenvalue weighted by Crippen LogP contribution is -2.22. The van der Waals surface area contributed by atoms with Gasteiger partial charge >= 0.3 is 6.18 Å². The summed E-state index contributed by atoms with van der Waals surface area (Å²) in [4.78, 5) is 0. The number of alkyl halides is 3. The molecule has 0 atom stereocenters. The van der Waals surface area contributed by atoms with Crippen LogP contribution in [0.4, 0.5) is 13.2 Å². The maximum absolute atomic E-state index is 12.8. The Morgan fingerprint density at radius 2 is 1.78 bits per heavy atom. The van der Waals surface area contributed by atoms with E-state index in [1.54, 1.807) is 0 Å². The summed E-state index contributed by atoms with van der Waals surface area (Å²) in [7, 11) is 1.32. The number of benzene rings is 1. The second-order valence-corrected chi connectivity index (χ2v) is 4.69. The summed E-state index contributed by atoms with van der Waals surface area (Å²) in [5.41, 5.74) is -1.63. The molecule has 0 spiro atoms. The zero-order valence-corrected chi connectivity index (χ0v) is 10.0. The van der Waals surface area contributed by atoms with Gasteiger partial charge in [-0.25, -0.2) is 0 Å². The van der Waals surface area contributed by atoms with Crippen LogP contribution in [0.2, 0.25) is 0 Å². The molecule has 0 unspecified atom stereocenters. The zero-order valence-electron chi connectivity index (χ0n) is 10.0. The Morgan fingerprint density at radius 1 is 1.17 bits per heavy atom. The number of halogens is 3. The van der Waals surface area contributed by atoms with E-state index >= 15 is 0 Å². The number of aliphatic hydroxyl groups is 1. The maximum atomic E-state index is 12.8. The maximum Gasteiger partial charge on any atom is 0.416 e. The molecule has 0 heterocycles. The third-order valence-corrected chi connectivity index (χ3v) is 3.44. The Hall–Kier alpha value is -1.23. The van der Waals surface area contributed by atoms with Crippen molar-refractivity contribution in [3.8, 4) is 5.75 Å². The molecule has 0 amide bonds. The van der Waals surface area contributed by atoms with Gasteiger partial charge in [0.25, 0.3) is 0 Å². The minimum Gasteiger partial charge on any atom is -0.497 e. The van der Waals surface area contributed by atoms with Gasteiger partial charge in [0.1, 0.15) is 5.75 Å². The van der Waals surface area contributed by atoms with Crippen molar-refractivity contribution in [3.63, 3.8) is 0 Å². The predicted octanol–water partition coefficient (Wildman–Crippen LogP) is 3.48. The molecule has 0 aliphatic heterocycles. The fourth-order valence-electron chi connectivity index (χ4n) is 2.40. The van der Waals surface area contributed by atoms with E-state index in [2.05, 4.69) is 0 Å². The van der Waals surface area contributed by atoms with Crippen molar-refractivity contribution in [2.75, 3.05) is 7.11 Å². The summed E-state index contributed by atoms with van der Waals surface area (Å²) in [6, 6.07) is 3.45. The second kappa shape index (κ2) is 4.46. The van der Waals surface area contributed by atoms with E-state index in [9.17, 15) is 18.3 Å². The molecule has 18 heavy (non-hydrogen) atoms. The van der Waals surface area contributed by atoms with Gasteiger partial charge in [-0.3, -0.25) is 0 Å². The molecular formula is C13H15F3O2. The minimum atomic E-state index is -4.43. The highest BCUT2D eigenvalue weighted by Gasteiger charge is 2.37. The van der Waals surface area contributed by atoms with Gasteiger partial charge in [0.15, 0.2) is 0 Å². The Morgan fingerprint density at radius 3 is 2.28 bits per heavy atom. The number of hydrogen-bond donors (Lipinski definition) is 1. The number of hydrogen-bond acceptors (Lipinski definition) is 2. The lowest BCUT2D eigenvalue weighted by molar-refractivity contribution is -0.137. The van der Waals surface area contributed by atoms with Gasteiger partial charge in [0, 0.05) is 0 Å². The molecular weight excluding hydrogens is 245 g/mol. The summed E-state index contributed by atoms with van der Waals surface area (Å²) in [5, 5.41) is 10.3. The SMILES string of the molecule is COc1cc(C(F)(F)F)cc(C2(O)CCCC2)c1. The molecule has 0 radical (unpaired) electrons. The lowest BCUT2D eigenvalue weighted by atomic mass is 9.90. The van der Waals surface area contributed by atoms with Gasteiger partial charge in [0.2, 0.25) is 0 Å². The van der Waals surface area contributed by atoms with Gasteiger partial charge in [-0.15, -0.1) is 0 Å². The molecule has 1 aromatic carbocycles. The number of ether oxygens (including phenoxy) is 1. The predicted molar refractivity (Wildman–Crippen MR) is 60.4 cm³/mol. The van der Waals surface area contributed by atoms with E-state index in [1.807, 2.05) is 0 Å². The van der Waals surface area contributed by atoms with E-state index in [0.717, 1.165) is 25.0 Å². The standard InChI is InChI=1S/C13H15F3O2/c1-18-11-7-9(12(17)4-2-3-5-12)6-10(8-11)13(14,15)16/h6-8,17H,2-5H2,1H3. The minimum absolute atomic E-state index is 0.125. The van der Waals surface area contributed by atoms with Gasteiger partial charge in [-0.05, 0) is 36.6 Å². The fraction of sp³-hybridized carbons (Fsp3) is 0.538. The number of rotatable bonds is 2. The van der Waals surface area contributed by atoms with E-state index < -0.39 is 17.3 Å². The van der Waals surface area contributed by atoms with Gasteiger partial charge in [-0.1, -0.05) is 12.8 Å². The molecule has 1 aromatic rings. The second-order valence-electron chi connectivity index (χ2n) is 4.69. The van der Waals surface area contributed by atoms with E-state index in [4.69, 9.17) is 4.74 Å². The summed E-state index contributed by atoms with van der Waals surface area (Å²) >= 11 is 0. The summed E-state index contributed by atoms with van der Waals surface area (Å²) in [5.74, 6) is 0.125. The van der Waals surface area contributed by atoms with Crippen LogP contribution in [0.25, 0.3) is 0 Å². The van der Waals surface area contributed by atoms with Crippen molar-refractivity contribution in [2.24, 2.45) is 0 Å². The van der Waals surface area contributed by atoms with Crippen LogP contribution < -0.4 is 4.74 Å². The highest BCUT2D eigenvalue weighted by atomic mass is 19.4. The normalized spacial score (nSPS) is 18.9. The topological polar surface area (TPSA) is 29.5 Å². The van der Waals surface area contributed by atoms with Crippen LogP contribution in [0.15, 0.2) is 18.2 Å². The smallest absolute Gasteiger partial charge is 0.416 e. The Kier molecular flexibility index (Phi) is 3.27. The van der Waals surface area contributed by atoms with Crippen LogP contribution in [0, 0.1) is 0 Å². The molecule has 1 aliphatic rings. The molecule has 0 bridgehead atoms. The Bertz CT molecular complexity index is 434. The van der Waals surface area contributed by atoms with E-state index in [-0.39, 0.29) is 5.75 Å². The molecule has 0 saturated heterocycles. The first-order chi connectivity index (χ1) is 8.35. The molecule has 1 N–H and O–H groups in total. The van der Waals surface area contributed by atoms with Crippen LogP contribution in [0.3, 0.4) is 0 Å². The molecule has 1 fully saturated rings. The van der Waals surface area contributed by atoms with E-state index in [0.29, 0.717) is 18.4 Å². The average molecular weight is 260 g/mol. The first kappa shape index (κ1) is 13.2. The van der Waals surface area contributed by atoms with Gasteiger partial charge in [0.05, 0.1) is 18.3 Å². The van der Waals surface area contributed by atoms with Gasteiger partial charge < -0.3 is 9.84 Å². The van der Waals surface area contributed by atoms with Crippen LogP contribution in [0.5, 0.6) is 5.75 Å². The van der Waals surface area contributed by atoms with Crippen LogP contribution in [-0.4, -0.2) is 12.2 Å². The third kappa shape index (κ3) is 2.46. The first-order valence-electron chi connectivity index (χ1n) is 5.84. The van der Waals surface area contributed by atoms with Gasteiger partial charge in [-0.2, -0.15) is 13.2 Å². The molecule has 1 aliphatic carbocycles. The molecule has 100 valence electrons. The monoisotopic (exact) mass is 260 g/mol. The van der Waals surface area contributed by atoms with Crippen molar-refractivity contribution in [1.82, 2.24) is 0 Å². The number of methoxy groups -OCH3 is 1. The van der Waals surface area contributed by atoms with Crippen molar-refractivity contribution in [1.29, 1.82) is 0 Å². The quantitative estimate of drug-likeness (QED) is 0.882. The van der Waals surface area contributed by atoms with Crippen molar-refractivity contribution >= 4 is 0 Å². The zero-order chi connectivity index (χ0) is 13.4. The molecule has 1 saturated carbocycles. The van der Waals surface area contributed by atoms with Crippen LogP contribution >= 0.6 is 0 Å². The summed E-state index contributed by atoms with van der Waals surface area (Å²) < 4.78 is 43.2. The molecule has 2 rings (SSSR count). The largest absolute Gasteiger partial charge is 0.497 e. The Balaban J connectivity index is 2.47. The van der Waals surface area contributed by atoms with E-state index in [1.165, 1.54) is 13.2 Å². The summed E-state index contributed by atoms with van der Waals surface area (Å²) in [6.07, 6.45) is -1.78.